The Hall–Kier alpha value is -6.43. The van der Waals surface area contributed by atoms with Crippen molar-refractivity contribution in [2.24, 2.45) is 0 Å². The van der Waals surface area contributed by atoms with E-state index >= 15 is 0 Å². The quantitative estimate of drug-likeness (QED) is 0.185. The van der Waals surface area contributed by atoms with Gasteiger partial charge in [0.15, 0.2) is 17.5 Å². The van der Waals surface area contributed by atoms with Gasteiger partial charge in [0.2, 0.25) is 0 Å². The fourth-order valence-electron chi connectivity index (χ4n) is 6.95. The van der Waals surface area contributed by atoms with Crippen LogP contribution < -0.4 is 0 Å². The molecule has 0 aliphatic heterocycles. The van der Waals surface area contributed by atoms with Crippen LogP contribution in [0.5, 0.6) is 0 Å². The van der Waals surface area contributed by atoms with Crippen LogP contribution in [-0.4, -0.2) is 15.0 Å². The van der Waals surface area contributed by atoms with Gasteiger partial charge in [-0.2, -0.15) is 0 Å². The molecular weight excluding hydrogens is 631 g/mol. The van der Waals surface area contributed by atoms with Crippen LogP contribution in [0.1, 0.15) is 0 Å². The summed E-state index contributed by atoms with van der Waals surface area (Å²) in [6.07, 6.45) is 0. The van der Waals surface area contributed by atoms with Crippen LogP contribution in [0, 0.1) is 0 Å². The normalized spacial score (nSPS) is 11.6. The number of thiophene rings is 1. The Morgan fingerprint density at radius 3 is 1.78 bits per heavy atom. The molecule has 234 valence electrons. The Morgan fingerprint density at radius 2 is 0.980 bits per heavy atom. The molecule has 0 bridgehead atoms. The average Bonchev–Trinajstić information content (AvgIpc) is 3.77. The fourth-order valence-corrected chi connectivity index (χ4v) is 8.08. The molecular formula is C45H27N3OS. The van der Waals surface area contributed by atoms with Gasteiger partial charge in [-0.25, -0.2) is 15.0 Å². The number of para-hydroxylation sites is 1. The van der Waals surface area contributed by atoms with Gasteiger partial charge in [-0.3, -0.25) is 0 Å². The third kappa shape index (κ3) is 4.79. The van der Waals surface area contributed by atoms with Crippen LogP contribution in [0.25, 0.3) is 98.5 Å². The van der Waals surface area contributed by atoms with Gasteiger partial charge < -0.3 is 4.42 Å². The number of hydrogen-bond donors (Lipinski definition) is 0. The number of furan rings is 1. The van der Waals surface area contributed by atoms with Crippen molar-refractivity contribution in [1.82, 2.24) is 15.0 Å². The lowest BCUT2D eigenvalue weighted by Crippen LogP contribution is -2.00. The minimum absolute atomic E-state index is 0.611. The Morgan fingerprint density at radius 1 is 0.380 bits per heavy atom. The van der Waals surface area contributed by atoms with Gasteiger partial charge in [-0.1, -0.05) is 133 Å². The minimum atomic E-state index is 0.611. The minimum Gasteiger partial charge on any atom is -0.455 e. The standard InChI is InChI=1S/C45H27N3OS/c1-3-12-28(13-4-1)29-22-24-30(25-23-29)36-26-32(27-37-33-16-7-9-19-38(33)49-42(36)37)44-46-43(31-14-5-2-6-15-31)47-45(48-44)35-18-11-21-40-41(35)34-17-8-10-20-39(34)50-40/h1-27H. The molecule has 0 aliphatic carbocycles. The highest BCUT2D eigenvalue weighted by Gasteiger charge is 2.20. The van der Waals surface area contributed by atoms with E-state index in [1.807, 2.05) is 36.4 Å². The molecule has 10 rings (SSSR count). The second-order valence-electron chi connectivity index (χ2n) is 12.4. The Labute approximate surface area is 292 Å². The van der Waals surface area contributed by atoms with Gasteiger partial charge in [0.05, 0.1) is 0 Å². The average molecular weight is 658 g/mol. The highest BCUT2D eigenvalue weighted by atomic mass is 32.1. The van der Waals surface area contributed by atoms with Crippen molar-refractivity contribution < 1.29 is 4.42 Å². The SMILES string of the molecule is c1ccc(-c2ccc(-c3cc(-c4nc(-c5ccccc5)nc(-c5cccc6sc7ccccc7c56)n4)cc4c3oc3ccccc34)cc2)cc1. The first-order chi connectivity index (χ1) is 24.8. The second kappa shape index (κ2) is 11.6. The molecule has 0 unspecified atom stereocenters. The summed E-state index contributed by atoms with van der Waals surface area (Å²) < 4.78 is 9.01. The van der Waals surface area contributed by atoms with Crippen LogP contribution >= 0.6 is 11.3 Å². The first kappa shape index (κ1) is 28.6. The molecule has 7 aromatic carbocycles. The van der Waals surface area contributed by atoms with E-state index in [-0.39, 0.29) is 0 Å². The Kier molecular flexibility index (Phi) is 6.64. The molecule has 3 heterocycles. The third-order valence-corrected chi connectivity index (χ3v) is 10.5. The molecule has 0 saturated heterocycles. The highest BCUT2D eigenvalue weighted by Crippen LogP contribution is 2.42. The molecule has 0 atom stereocenters. The van der Waals surface area contributed by atoms with Crippen LogP contribution in [0.4, 0.5) is 0 Å². The van der Waals surface area contributed by atoms with E-state index in [9.17, 15) is 0 Å². The summed E-state index contributed by atoms with van der Waals surface area (Å²) in [6, 6.07) is 56.8. The smallest absolute Gasteiger partial charge is 0.164 e. The van der Waals surface area contributed by atoms with E-state index < -0.39 is 0 Å². The van der Waals surface area contributed by atoms with Crippen molar-refractivity contribution in [3.05, 3.63) is 164 Å². The summed E-state index contributed by atoms with van der Waals surface area (Å²) in [7, 11) is 0. The molecule has 5 heteroatoms. The molecule has 0 saturated carbocycles. The molecule has 0 fully saturated rings. The van der Waals surface area contributed by atoms with E-state index in [0.29, 0.717) is 17.5 Å². The molecule has 4 nitrogen and oxygen atoms in total. The van der Waals surface area contributed by atoms with E-state index in [1.54, 1.807) is 11.3 Å². The fraction of sp³-hybridized carbons (Fsp3) is 0. The van der Waals surface area contributed by atoms with Crippen molar-refractivity contribution in [3.8, 4) is 56.4 Å². The van der Waals surface area contributed by atoms with E-state index in [4.69, 9.17) is 19.4 Å². The molecule has 0 amide bonds. The highest BCUT2D eigenvalue weighted by molar-refractivity contribution is 7.25. The van der Waals surface area contributed by atoms with Crippen molar-refractivity contribution >= 4 is 53.4 Å². The summed E-state index contributed by atoms with van der Waals surface area (Å²) in [5.41, 5.74) is 8.91. The molecule has 0 radical (unpaired) electrons. The summed E-state index contributed by atoms with van der Waals surface area (Å²) >= 11 is 1.79. The number of aromatic nitrogens is 3. The summed E-state index contributed by atoms with van der Waals surface area (Å²) in [5.74, 6) is 1.89. The number of fused-ring (bicyclic) bond motifs is 6. The second-order valence-corrected chi connectivity index (χ2v) is 13.5. The van der Waals surface area contributed by atoms with Crippen LogP contribution in [0.15, 0.2) is 168 Å². The maximum absolute atomic E-state index is 6.56. The van der Waals surface area contributed by atoms with Gasteiger partial charge >= 0.3 is 0 Å². The third-order valence-electron chi connectivity index (χ3n) is 9.35. The molecule has 0 spiro atoms. The lowest BCUT2D eigenvalue weighted by atomic mass is 9.96. The molecule has 0 N–H and O–H groups in total. The summed E-state index contributed by atoms with van der Waals surface area (Å²) in [5, 5.41) is 4.45. The zero-order valence-electron chi connectivity index (χ0n) is 26.7. The first-order valence-corrected chi connectivity index (χ1v) is 17.4. The molecule has 3 aromatic heterocycles. The first-order valence-electron chi connectivity index (χ1n) is 16.6. The van der Waals surface area contributed by atoms with E-state index in [1.165, 1.54) is 25.7 Å². The van der Waals surface area contributed by atoms with Gasteiger partial charge in [-0.15, -0.1) is 11.3 Å². The van der Waals surface area contributed by atoms with Gasteiger partial charge in [0, 0.05) is 53.2 Å². The topological polar surface area (TPSA) is 51.8 Å². The number of rotatable bonds is 5. The molecule has 10 aromatic rings. The van der Waals surface area contributed by atoms with E-state index in [2.05, 4.69) is 127 Å². The number of nitrogens with zero attached hydrogens (tertiary/aromatic N) is 3. The van der Waals surface area contributed by atoms with Gasteiger partial charge in [0.25, 0.3) is 0 Å². The predicted molar refractivity (Wildman–Crippen MR) is 207 cm³/mol. The van der Waals surface area contributed by atoms with Crippen molar-refractivity contribution in [1.29, 1.82) is 0 Å². The zero-order chi connectivity index (χ0) is 33.0. The monoisotopic (exact) mass is 657 g/mol. The lowest BCUT2D eigenvalue weighted by Gasteiger charge is -2.11. The van der Waals surface area contributed by atoms with Crippen LogP contribution in [0.3, 0.4) is 0 Å². The Balaban J connectivity index is 1.22. The summed E-state index contributed by atoms with van der Waals surface area (Å²) in [6.45, 7) is 0. The number of benzene rings is 7. The van der Waals surface area contributed by atoms with Gasteiger partial charge in [0.1, 0.15) is 11.2 Å². The largest absolute Gasteiger partial charge is 0.455 e. The zero-order valence-corrected chi connectivity index (χ0v) is 27.6. The number of hydrogen-bond acceptors (Lipinski definition) is 5. The lowest BCUT2D eigenvalue weighted by molar-refractivity contribution is 0.670. The van der Waals surface area contributed by atoms with Crippen molar-refractivity contribution in [2.75, 3.05) is 0 Å². The summed E-state index contributed by atoms with van der Waals surface area (Å²) in [4.78, 5) is 15.5. The molecule has 50 heavy (non-hydrogen) atoms. The van der Waals surface area contributed by atoms with Crippen molar-refractivity contribution in [2.45, 2.75) is 0 Å². The van der Waals surface area contributed by atoms with E-state index in [0.717, 1.165) is 55.3 Å². The molecule has 0 aliphatic rings. The van der Waals surface area contributed by atoms with Crippen molar-refractivity contribution in [3.63, 3.8) is 0 Å². The van der Waals surface area contributed by atoms with Crippen LogP contribution in [0.2, 0.25) is 0 Å². The van der Waals surface area contributed by atoms with Gasteiger partial charge in [-0.05, 0) is 47.0 Å². The maximum atomic E-state index is 6.56. The Bertz CT molecular complexity index is 2860. The maximum Gasteiger partial charge on any atom is 0.164 e. The predicted octanol–water partition coefficient (Wildman–Crippen LogP) is 12.5. The van der Waals surface area contributed by atoms with Crippen LogP contribution in [-0.2, 0) is 0 Å².